The minimum atomic E-state index is -0.782. The average Bonchev–Trinajstić information content (AvgIpc) is 1.64. The van der Waals surface area contributed by atoms with Crippen molar-refractivity contribution >= 4 is 5.97 Å². The summed E-state index contributed by atoms with van der Waals surface area (Å²) in [5.74, 6) is -0.782. The molecule has 56 valence electrons. The van der Waals surface area contributed by atoms with Gasteiger partial charge in [0.2, 0.25) is 0 Å². The van der Waals surface area contributed by atoms with Crippen molar-refractivity contribution in [2.24, 2.45) is 0 Å². The van der Waals surface area contributed by atoms with Crippen molar-refractivity contribution in [3.63, 3.8) is 0 Å². The quantitative estimate of drug-likeness (QED) is 0.565. The molecular weight excluding hydrogens is 120 g/mol. The largest absolute Gasteiger partial charge is 0.480 e. The van der Waals surface area contributed by atoms with Gasteiger partial charge in [0, 0.05) is 0 Å². The standard InChI is InChI=1S/C5H11NO2.H3N/c1-4(5(7)8)6(2)3;/h4H,1-3H3,(H,7,8);1H3. The van der Waals surface area contributed by atoms with Crippen LogP contribution in [-0.2, 0) is 4.79 Å². The maximum absolute atomic E-state index is 10.1. The van der Waals surface area contributed by atoms with Gasteiger partial charge in [-0.15, -0.1) is 0 Å². The molecular formula is C5H14N2O2. The summed E-state index contributed by atoms with van der Waals surface area (Å²) in [6.07, 6.45) is 0. The number of aliphatic carboxylic acids is 1. The fraction of sp³-hybridized carbons (Fsp3) is 0.800. The number of carbonyl (C=O) groups is 1. The van der Waals surface area contributed by atoms with E-state index >= 15 is 0 Å². The van der Waals surface area contributed by atoms with Crippen LogP contribution < -0.4 is 6.15 Å². The second-order valence-corrected chi connectivity index (χ2v) is 1.98. The third-order valence-electron chi connectivity index (χ3n) is 1.13. The summed E-state index contributed by atoms with van der Waals surface area (Å²) >= 11 is 0. The lowest BCUT2D eigenvalue weighted by Gasteiger charge is -2.13. The molecule has 0 spiro atoms. The predicted molar refractivity (Wildman–Crippen MR) is 35.8 cm³/mol. The molecule has 0 saturated heterocycles. The maximum atomic E-state index is 10.1. The smallest absolute Gasteiger partial charge is 0.320 e. The Labute approximate surface area is 55.1 Å². The van der Waals surface area contributed by atoms with Crippen molar-refractivity contribution in [2.75, 3.05) is 14.1 Å². The number of nitrogens with zero attached hydrogens (tertiary/aromatic N) is 1. The lowest BCUT2D eigenvalue weighted by atomic mass is 10.3. The summed E-state index contributed by atoms with van der Waals surface area (Å²) in [5, 5.41) is 8.31. The summed E-state index contributed by atoms with van der Waals surface area (Å²) in [6, 6.07) is -0.380. The number of hydrogen-bond donors (Lipinski definition) is 2. The fourth-order valence-electron chi connectivity index (χ4n) is 0.221. The molecule has 0 aliphatic carbocycles. The minimum Gasteiger partial charge on any atom is -0.480 e. The molecule has 0 aliphatic heterocycles. The van der Waals surface area contributed by atoms with Crippen LogP contribution in [0.5, 0.6) is 0 Å². The molecule has 0 aromatic heterocycles. The molecule has 0 bridgehead atoms. The first kappa shape index (κ1) is 11.2. The Morgan fingerprint density at radius 1 is 1.56 bits per heavy atom. The summed E-state index contributed by atoms with van der Waals surface area (Å²) in [4.78, 5) is 11.7. The summed E-state index contributed by atoms with van der Waals surface area (Å²) in [7, 11) is 3.47. The zero-order valence-corrected chi connectivity index (χ0v) is 6.09. The second kappa shape index (κ2) is 4.29. The lowest BCUT2D eigenvalue weighted by Crippen LogP contribution is -2.32. The summed E-state index contributed by atoms with van der Waals surface area (Å²) < 4.78 is 0. The zero-order chi connectivity index (χ0) is 6.73. The van der Waals surface area contributed by atoms with Gasteiger partial charge in [-0.1, -0.05) is 0 Å². The van der Waals surface area contributed by atoms with E-state index in [2.05, 4.69) is 0 Å². The van der Waals surface area contributed by atoms with Gasteiger partial charge in [0.15, 0.2) is 0 Å². The first-order valence-electron chi connectivity index (χ1n) is 2.45. The molecule has 0 fully saturated rings. The maximum Gasteiger partial charge on any atom is 0.320 e. The molecule has 9 heavy (non-hydrogen) atoms. The fourth-order valence-corrected chi connectivity index (χ4v) is 0.221. The van der Waals surface area contributed by atoms with E-state index in [-0.39, 0.29) is 12.2 Å². The van der Waals surface area contributed by atoms with Crippen molar-refractivity contribution in [3.8, 4) is 0 Å². The molecule has 0 heterocycles. The number of likely N-dealkylation sites (N-methyl/N-ethyl adjacent to an activating group) is 1. The van der Waals surface area contributed by atoms with Crippen LogP contribution in [0.3, 0.4) is 0 Å². The molecule has 1 atom stereocenters. The number of rotatable bonds is 2. The molecule has 0 aromatic carbocycles. The van der Waals surface area contributed by atoms with Crippen molar-refractivity contribution < 1.29 is 9.90 Å². The van der Waals surface area contributed by atoms with Crippen molar-refractivity contribution in [1.29, 1.82) is 0 Å². The molecule has 1 unspecified atom stereocenters. The monoisotopic (exact) mass is 134 g/mol. The topological polar surface area (TPSA) is 75.5 Å². The van der Waals surface area contributed by atoms with E-state index in [0.717, 1.165) is 0 Å². The highest BCUT2D eigenvalue weighted by Gasteiger charge is 2.11. The highest BCUT2D eigenvalue weighted by Crippen LogP contribution is 1.88. The molecule has 0 saturated carbocycles. The second-order valence-electron chi connectivity index (χ2n) is 1.98. The van der Waals surface area contributed by atoms with Gasteiger partial charge in [-0.25, -0.2) is 0 Å². The van der Waals surface area contributed by atoms with Crippen LogP contribution in [0.4, 0.5) is 0 Å². The van der Waals surface area contributed by atoms with Gasteiger partial charge in [0.05, 0.1) is 0 Å². The highest BCUT2D eigenvalue weighted by atomic mass is 16.4. The van der Waals surface area contributed by atoms with E-state index < -0.39 is 5.97 Å². The Balaban J connectivity index is 0. The molecule has 0 rings (SSSR count). The van der Waals surface area contributed by atoms with Gasteiger partial charge in [-0.2, -0.15) is 0 Å². The summed E-state index contributed by atoms with van der Waals surface area (Å²) in [5.41, 5.74) is 0. The van der Waals surface area contributed by atoms with Crippen molar-refractivity contribution in [1.82, 2.24) is 11.1 Å². The molecule has 0 aromatic rings. The molecule has 0 radical (unpaired) electrons. The van der Waals surface area contributed by atoms with E-state index in [1.165, 1.54) is 0 Å². The van der Waals surface area contributed by atoms with Gasteiger partial charge in [0.1, 0.15) is 6.04 Å². The van der Waals surface area contributed by atoms with Crippen molar-refractivity contribution in [3.05, 3.63) is 0 Å². The predicted octanol–water partition coefficient (Wildman–Crippen LogP) is 0.183. The molecule has 4 nitrogen and oxygen atoms in total. The first-order valence-corrected chi connectivity index (χ1v) is 2.45. The first-order chi connectivity index (χ1) is 3.55. The van der Waals surface area contributed by atoms with E-state index in [0.29, 0.717) is 0 Å². The zero-order valence-electron chi connectivity index (χ0n) is 6.09. The Kier molecular flexibility index (Phi) is 5.34. The van der Waals surface area contributed by atoms with E-state index in [1.807, 2.05) is 0 Å². The van der Waals surface area contributed by atoms with Gasteiger partial charge in [-0.05, 0) is 21.0 Å². The minimum absolute atomic E-state index is 0. The third kappa shape index (κ3) is 3.93. The van der Waals surface area contributed by atoms with E-state index in [4.69, 9.17) is 5.11 Å². The van der Waals surface area contributed by atoms with Gasteiger partial charge in [0.25, 0.3) is 0 Å². The van der Waals surface area contributed by atoms with Crippen LogP contribution in [0, 0.1) is 0 Å². The Hall–Kier alpha value is -0.610. The average molecular weight is 134 g/mol. The van der Waals surface area contributed by atoms with E-state index in [9.17, 15) is 4.79 Å². The lowest BCUT2D eigenvalue weighted by molar-refractivity contribution is -0.141. The third-order valence-corrected chi connectivity index (χ3v) is 1.13. The van der Waals surface area contributed by atoms with Crippen LogP contribution in [0.25, 0.3) is 0 Å². The van der Waals surface area contributed by atoms with Crippen LogP contribution in [0.15, 0.2) is 0 Å². The highest BCUT2D eigenvalue weighted by molar-refractivity contribution is 5.72. The van der Waals surface area contributed by atoms with E-state index in [1.54, 1.807) is 25.9 Å². The number of carboxylic acid groups (broad SMARTS) is 1. The molecule has 4 N–H and O–H groups in total. The SMILES string of the molecule is CC(C(=O)O)N(C)C.N. The summed E-state index contributed by atoms with van der Waals surface area (Å²) in [6.45, 7) is 1.64. The van der Waals surface area contributed by atoms with Gasteiger partial charge in [-0.3, -0.25) is 9.69 Å². The van der Waals surface area contributed by atoms with Crippen LogP contribution >= 0.6 is 0 Å². The van der Waals surface area contributed by atoms with Crippen LogP contribution in [-0.4, -0.2) is 36.1 Å². The molecule has 0 aliphatic rings. The Morgan fingerprint density at radius 2 is 1.89 bits per heavy atom. The number of carboxylic acids is 1. The Bertz CT molecular complexity index is 93.0. The molecule has 0 amide bonds. The van der Waals surface area contributed by atoms with Gasteiger partial charge < -0.3 is 11.3 Å². The van der Waals surface area contributed by atoms with Crippen LogP contribution in [0.2, 0.25) is 0 Å². The van der Waals surface area contributed by atoms with Gasteiger partial charge >= 0.3 is 5.97 Å². The van der Waals surface area contributed by atoms with Crippen molar-refractivity contribution in [2.45, 2.75) is 13.0 Å². The molecule has 4 heteroatoms. The van der Waals surface area contributed by atoms with Crippen LogP contribution in [0.1, 0.15) is 6.92 Å². The number of hydrogen-bond acceptors (Lipinski definition) is 3. The normalized spacial score (nSPS) is 12.4. The Morgan fingerprint density at radius 3 is 1.89 bits per heavy atom.